The van der Waals surface area contributed by atoms with Crippen LogP contribution in [0.5, 0.6) is 0 Å². The first-order chi connectivity index (χ1) is 11.5. The molecule has 0 radical (unpaired) electrons. The van der Waals surface area contributed by atoms with Crippen molar-refractivity contribution in [3.63, 3.8) is 0 Å². The van der Waals surface area contributed by atoms with E-state index in [1.807, 2.05) is 0 Å². The molecular formula is C16H13F3O5S. The Hall–Kier alpha value is -2.16. The maximum atomic E-state index is 13.1. The molecule has 9 heteroatoms. The van der Waals surface area contributed by atoms with Gasteiger partial charge in [0.1, 0.15) is 11.3 Å². The lowest BCUT2D eigenvalue weighted by atomic mass is 9.89. The molecule has 0 atom stereocenters. The van der Waals surface area contributed by atoms with Crippen LogP contribution in [0.3, 0.4) is 0 Å². The van der Waals surface area contributed by atoms with Crippen molar-refractivity contribution in [2.24, 2.45) is 0 Å². The lowest BCUT2D eigenvalue weighted by Crippen LogP contribution is -2.21. The first-order valence-corrected chi connectivity index (χ1v) is 9.15. The predicted molar refractivity (Wildman–Crippen MR) is 80.6 cm³/mol. The number of halogens is 3. The molecule has 0 amide bonds. The number of allylic oxidation sites excluding steroid dienone is 1. The van der Waals surface area contributed by atoms with Crippen molar-refractivity contribution in [1.29, 1.82) is 0 Å². The number of hydrogen-bond acceptors (Lipinski definition) is 5. The Morgan fingerprint density at radius 1 is 1.04 bits per heavy atom. The SMILES string of the molecule is O=C1CCCC(=O)C1=C(O)c1ccc(C(F)(F)F)c2c1S(=O)(=O)CC2. The molecule has 1 heterocycles. The lowest BCUT2D eigenvalue weighted by molar-refractivity contribution is -0.138. The van der Waals surface area contributed by atoms with Gasteiger partial charge in [0.25, 0.3) is 0 Å². The zero-order chi connectivity index (χ0) is 18.6. The van der Waals surface area contributed by atoms with Crippen LogP contribution in [0.4, 0.5) is 13.2 Å². The number of alkyl halides is 3. The fourth-order valence-corrected chi connectivity index (χ4v) is 5.00. The number of fused-ring (bicyclic) bond motifs is 1. The van der Waals surface area contributed by atoms with Crippen LogP contribution in [-0.2, 0) is 32.0 Å². The monoisotopic (exact) mass is 374 g/mol. The second-order valence-corrected chi connectivity index (χ2v) is 8.00. The van der Waals surface area contributed by atoms with Crippen LogP contribution in [0.25, 0.3) is 5.76 Å². The normalized spacial score (nSPS) is 19.9. The summed E-state index contributed by atoms with van der Waals surface area (Å²) in [6.07, 6.45) is -4.74. The van der Waals surface area contributed by atoms with E-state index in [-0.39, 0.29) is 19.3 Å². The third-order valence-corrected chi connectivity index (χ3v) is 6.18. The van der Waals surface area contributed by atoms with Crippen LogP contribution in [0.1, 0.15) is 36.0 Å². The minimum atomic E-state index is -4.75. The average molecular weight is 374 g/mol. The van der Waals surface area contributed by atoms with E-state index in [0.29, 0.717) is 12.5 Å². The maximum Gasteiger partial charge on any atom is 0.416 e. The van der Waals surface area contributed by atoms with Crippen molar-refractivity contribution in [2.75, 3.05) is 5.75 Å². The topological polar surface area (TPSA) is 88.5 Å². The van der Waals surface area contributed by atoms with E-state index in [1.54, 1.807) is 0 Å². The fraction of sp³-hybridized carbons (Fsp3) is 0.375. The van der Waals surface area contributed by atoms with E-state index in [2.05, 4.69) is 0 Å². The fourth-order valence-electron chi connectivity index (χ4n) is 3.24. The highest BCUT2D eigenvalue weighted by atomic mass is 32.2. The quantitative estimate of drug-likeness (QED) is 0.464. The highest BCUT2D eigenvalue weighted by Crippen LogP contribution is 2.42. The van der Waals surface area contributed by atoms with Gasteiger partial charge in [-0.3, -0.25) is 9.59 Å². The van der Waals surface area contributed by atoms with Crippen molar-refractivity contribution in [1.82, 2.24) is 0 Å². The Balaban J connectivity index is 2.31. The van der Waals surface area contributed by atoms with E-state index < -0.39 is 66.3 Å². The number of benzene rings is 1. The van der Waals surface area contributed by atoms with Gasteiger partial charge in [0.05, 0.1) is 16.2 Å². The summed E-state index contributed by atoms with van der Waals surface area (Å²) >= 11 is 0. The van der Waals surface area contributed by atoms with E-state index in [9.17, 15) is 36.3 Å². The Morgan fingerprint density at radius 2 is 1.64 bits per heavy atom. The Kier molecular flexibility index (Phi) is 4.02. The lowest BCUT2D eigenvalue weighted by Gasteiger charge is -2.17. The Labute approximate surface area is 141 Å². The van der Waals surface area contributed by atoms with E-state index in [1.165, 1.54) is 0 Å². The standard InChI is InChI=1S/C16H13F3O5S/c17-16(18,19)10-5-4-9(15-8(10)6-7-25(15,23)24)14(22)13-11(20)2-1-3-12(13)21/h4-5,22H,1-3,6-7H2. The van der Waals surface area contributed by atoms with Crippen LogP contribution >= 0.6 is 0 Å². The van der Waals surface area contributed by atoms with Crippen LogP contribution in [0.15, 0.2) is 22.6 Å². The Morgan fingerprint density at radius 3 is 2.20 bits per heavy atom. The van der Waals surface area contributed by atoms with Crippen LogP contribution in [0, 0.1) is 0 Å². The minimum absolute atomic E-state index is 0.0146. The van der Waals surface area contributed by atoms with Gasteiger partial charge in [-0.15, -0.1) is 0 Å². The van der Waals surface area contributed by atoms with E-state index in [0.717, 1.165) is 6.07 Å². The van der Waals surface area contributed by atoms with Gasteiger partial charge in [0.15, 0.2) is 21.4 Å². The summed E-state index contributed by atoms with van der Waals surface area (Å²) in [6.45, 7) is 0. The summed E-state index contributed by atoms with van der Waals surface area (Å²) in [7, 11) is -4.05. The number of hydrogen-bond donors (Lipinski definition) is 1. The highest BCUT2D eigenvalue weighted by Gasteiger charge is 2.41. The summed E-state index contributed by atoms with van der Waals surface area (Å²) < 4.78 is 63.9. The summed E-state index contributed by atoms with van der Waals surface area (Å²) in [6, 6.07) is 1.48. The molecule has 1 aromatic rings. The third kappa shape index (κ3) is 2.86. The van der Waals surface area contributed by atoms with Gasteiger partial charge in [-0.2, -0.15) is 13.2 Å². The number of aliphatic hydroxyl groups is 1. The summed E-state index contributed by atoms with van der Waals surface area (Å²) in [4.78, 5) is 23.2. The smallest absolute Gasteiger partial charge is 0.416 e. The molecule has 2 aliphatic rings. The van der Waals surface area contributed by atoms with Gasteiger partial charge in [-0.25, -0.2) is 8.42 Å². The predicted octanol–water partition coefficient (Wildman–Crippen LogP) is 2.63. The Bertz CT molecular complexity index is 908. The number of Topliss-reactive ketones (excluding diaryl/α,β-unsaturated/α-hetero) is 2. The molecule has 1 N–H and O–H groups in total. The van der Waals surface area contributed by atoms with Crippen molar-refractivity contribution in [3.8, 4) is 0 Å². The van der Waals surface area contributed by atoms with Crippen molar-refractivity contribution >= 4 is 27.2 Å². The van der Waals surface area contributed by atoms with E-state index in [4.69, 9.17) is 0 Å². The molecule has 0 bridgehead atoms. The minimum Gasteiger partial charge on any atom is -0.506 e. The molecule has 0 aromatic heterocycles. The van der Waals surface area contributed by atoms with Crippen molar-refractivity contribution in [3.05, 3.63) is 34.4 Å². The van der Waals surface area contributed by atoms with Gasteiger partial charge < -0.3 is 5.11 Å². The highest BCUT2D eigenvalue weighted by molar-refractivity contribution is 7.91. The summed E-state index contributed by atoms with van der Waals surface area (Å²) in [5.41, 5.74) is -2.48. The average Bonchev–Trinajstić information content (AvgIpc) is 2.81. The first kappa shape index (κ1) is 17.7. The van der Waals surface area contributed by atoms with Gasteiger partial charge in [-0.1, -0.05) is 0 Å². The number of ketones is 2. The molecule has 5 nitrogen and oxygen atoms in total. The number of carbonyl (C=O) groups excluding carboxylic acids is 2. The van der Waals surface area contributed by atoms with Crippen LogP contribution in [-0.4, -0.2) is 30.8 Å². The molecule has 0 spiro atoms. The first-order valence-electron chi connectivity index (χ1n) is 7.50. The largest absolute Gasteiger partial charge is 0.506 e. The molecule has 1 fully saturated rings. The van der Waals surface area contributed by atoms with Crippen molar-refractivity contribution in [2.45, 2.75) is 36.8 Å². The van der Waals surface area contributed by atoms with Crippen LogP contribution < -0.4 is 0 Å². The second-order valence-electron chi connectivity index (χ2n) is 5.96. The van der Waals surface area contributed by atoms with Crippen LogP contribution in [0.2, 0.25) is 0 Å². The molecular weight excluding hydrogens is 361 g/mol. The zero-order valence-electron chi connectivity index (χ0n) is 12.8. The number of carbonyl (C=O) groups is 2. The third-order valence-electron chi connectivity index (χ3n) is 4.35. The molecule has 0 saturated heterocycles. The van der Waals surface area contributed by atoms with Crippen molar-refractivity contribution < 1.29 is 36.3 Å². The molecule has 1 saturated carbocycles. The van der Waals surface area contributed by atoms with Gasteiger partial charge >= 0.3 is 6.18 Å². The molecule has 1 aliphatic heterocycles. The van der Waals surface area contributed by atoms with Gasteiger partial charge in [0.2, 0.25) is 0 Å². The number of rotatable bonds is 1. The summed E-state index contributed by atoms with van der Waals surface area (Å²) in [5, 5.41) is 10.4. The molecule has 0 unspecified atom stereocenters. The molecule has 1 aromatic carbocycles. The maximum absolute atomic E-state index is 13.1. The molecule has 3 rings (SSSR count). The zero-order valence-corrected chi connectivity index (χ0v) is 13.6. The molecule has 1 aliphatic carbocycles. The van der Waals surface area contributed by atoms with E-state index >= 15 is 0 Å². The second kappa shape index (κ2) is 5.69. The number of aliphatic hydroxyl groups excluding tert-OH is 1. The number of sulfone groups is 1. The summed E-state index contributed by atoms with van der Waals surface area (Å²) in [5.74, 6) is -2.66. The molecule has 134 valence electrons. The molecule has 25 heavy (non-hydrogen) atoms. The van der Waals surface area contributed by atoms with Gasteiger partial charge in [-0.05, 0) is 30.5 Å². The van der Waals surface area contributed by atoms with Gasteiger partial charge in [0, 0.05) is 18.4 Å².